The van der Waals surface area contributed by atoms with Crippen molar-refractivity contribution in [3.63, 3.8) is 0 Å². The lowest BCUT2D eigenvalue weighted by Crippen LogP contribution is -2.32. The van der Waals surface area contributed by atoms with E-state index in [1.807, 2.05) is 61.5 Å². The maximum atomic E-state index is 12.7. The van der Waals surface area contributed by atoms with Gasteiger partial charge in [0.15, 0.2) is 6.10 Å². The minimum atomic E-state index is -0.626. The lowest BCUT2D eigenvalue weighted by molar-refractivity contribution is -0.122. The first-order valence-electron chi connectivity index (χ1n) is 9.18. The number of amides is 1. The zero-order chi connectivity index (χ0) is 20.2. The second kappa shape index (κ2) is 8.59. The van der Waals surface area contributed by atoms with E-state index in [-0.39, 0.29) is 5.91 Å². The molecule has 4 rings (SSSR count). The number of ether oxygens (including phenoxy) is 1. The van der Waals surface area contributed by atoms with Crippen molar-refractivity contribution >= 4 is 44.7 Å². The van der Waals surface area contributed by atoms with Crippen LogP contribution in [0.25, 0.3) is 21.3 Å². The van der Waals surface area contributed by atoms with Crippen LogP contribution in [0.2, 0.25) is 5.02 Å². The Balaban J connectivity index is 1.45. The van der Waals surface area contributed by atoms with Crippen LogP contribution in [0.1, 0.15) is 13.3 Å². The molecule has 1 heterocycles. The number of benzene rings is 3. The van der Waals surface area contributed by atoms with Crippen molar-refractivity contribution in [3.05, 3.63) is 71.8 Å². The lowest BCUT2D eigenvalue weighted by atomic mass is 10.1. The van der Waals surface area contributed by atoms with Crippen LogP contribution in [0.5, 0.6) is 5.75 Å². The second-order valence-electron chi connectivity index (χ2n) is 6.43. The van der Waals surface area contributed by atoms with E-state index in [0.717, 1.165) is 16.3 Å². The number of carbonyl (C=O) groups excluding carboxylic acids is 1. The van der Waals surface area contributed by atoms with Gasteiger partial charge in [-0.05, 0) is 41.5 Å². The summed E-state index contributed by atoms with van der Waals surface area (Å²) in [6.07, 6.45) is -0.0966. The monoisotopic (exact) mass is 423 g/mol. The Kier molecular flexibility index (Phi) is 5.74. The molecule has 0 aliphatic rings. The highest BCUT2D eigenvalue weighted by molar-refractivity contribution is 7.18. The topological polar surface area (TPSA) is 64.1 Å². The molecule has 3 aromatic carbocycles. The van der Waals surface area contributed by atoms with Gasteiger partial charge in [0.05, 0.1) is 0 Å². The van der Waals surface area contributed by atoms with Gasteiger partial charge in [-0.25, -0.2) is 0 Å². The van der Waals surface area contributed by atoms with E-state index >= 15 is 0 Å². The average Bonchev–Trinajstić information content (AvgIpc) is 3.20. The van der Waals surface area contributed by atoms with Gasteiger partial charge in [-0.3, -0.25) is 10.1 Å². The molecule has 0 unspecified atom stereocenters. The van der Waals surface area contributed by atoms with Gasteiger partial charge in [-0.1, -0.05) is 72.3 Å². The first kappa shape index (κ1) is 19.4. The summed E-state index contributed by atoms with van der Waals surface area (Å²) in [5.41, 5.74) is 0.895. The highest BCUT2D eigenvalue weighted by Crippen LogP contribution is 2.28. The van der Waals surface area contributed by atoms with Crippen molar-refractivity contribution in [1.29, 1.82) is 0 Å². The standard InChI is InChI=1S/C22H18ClN3O2S/c1-2-19(28-18-12-9-14-5-3-4-6-16(14)13-18)20(27)24-22-26-25-21(29-22)15-7-10-17(23)11-8-15/h3-13,19H,2H2,1H3,(H,24,26,27)/t19-/m0/s1. The number of carbonyl (C=O) groups is 1. The number of rotatable bonds is 6. The highest BCUT2D eigenvalue weighted by Gasteiger charge is 2.20. The molecule has 0 aliphatic carbocycles. The van der Waals surface area contributed by atoms with Crippen molar-refractivity contribution in [3.8, 4) is 16.3 Å². The molecule has 0 radical (unpaired) electrons. The van der Waals surface area contributed by atoms with E-state index < -0.39 is 6.10 Å². The van der Waals surface area contributed by atoms with Crippen LogP contribution in [0.3, 0.4) is 0 Å². The SMILES string of the molecule is CC[C@H](Oc1ccc2ccccc2c1)C(=O)Nc1nnc(-c2ccc(Cl)cc2)s1. The lowest BCUT2D eigenvalue weighted by Gasteiger charge is -2.16. The summed E-state index contributed by atoms with van der Waals surface area (Å²) in [5, 5.41) is 15.0. The molecule has 146 valence electrons. The minimum Gasteiger partial charge on any atom is -0.481 e. The molecule has 7 heteroatoms. The molecular weight excluding hydrogens is 406 g/mol. The van der Waals surface area contributed by atoms with Gasteiger partial charge in [0.25, 0.3) is 5.91 Å². The molecule has 0 spiro atoms. The fraction of sp³-hybridized carbons (Fsp3) is 0.136. The maximum absolute atomic E-state index is 12.7. The summed E-state index contributed by atoms with van der Waals surface area (Å²) < 4.78 is 5.94. The van der Waals surface area contributed by atoms with Crippen molar-refractivity contribution < 1.29 is 9.53 Å². The normalized spacial score (nSPS) is 11.9. The highest BCUT2D eigenvalue weighted by atomic mass is 35.5. The van der Waals surface area contributed by atoms with Crippen LogP contribution in [0.4, 0.5) is 5.13 Å². The Morgan fingerprint density at radius 3 is 2.59 bits per heavy atom. The van der Waals surface area contributed by atoms with Crippen molar-refractivity contribution in [1.82, 2.24) is 10.2 Å². The molecule has 1 aromatic heterocycles. The van der Waals surface area contributed by atoms with Crippen LogP contribution in [-0.4, -0.2) is 22.2 Å². The number of aromatic nitrogens is 2. The Hall–Kier alpha value is -2.96. The first-order valence-corrected chi connectivity index (χ1v) is 10.4. The van der Waals surface area contributed by atoms with Gasteiger partial charge in [0.1, 0.15) is 10.8 Å². The minimum absolute atomic E-state index is 0.250. The number of nitrogens with one attached hydrogen (secondary N) is 1. The van der Waals surface area contributed by atoms with Gasteiger partial charge in [-0.2, -0.15) is 0 Å². The predicted molar refractivity (Wildman–Crippen MR) is 118 cm³/mol. The summed E-state index contributed by atoms with van der Waals surface area (Å²) in [4.78, 5) is 12.7. The van der Waals surface area contributed by atoms with E-state index in [1.165, 1.54) is 11.3 Å². The third kappa shape index (κ3) is 4.55. The Labute approximate surface area is 177 Å². The zero-order valence-corrected chi connectivity index (χ0v) is 17.2. The number of anilines is 1. The first-order chi connectivity index (χ1) is 14.1. The van der Waals surface area contributed by atoms with E-state index in [2.05, 4.69) is 15.5 Å². The van der Waals surface area contributed by atoms with E-state index in [1.54, 1.807) is 12.1 Å². The Bertz CT molecular complexity index is 1140. The van der Waals surface area contributed by atoms with Crippen LogP contribution < -0.4 is 10.1 Å². The van der Waals surface area contributed by atoms with Crippen LogP contribution in [0, 0.1) is 0 Å². The van der Waals surface area contributed by atoms with Crippen molar-refractivity contribution in [2.24, 2.45) is 0 Å². The summed E-state index contributed by atoms with van der Waals surface area (Å²) >= 11 is 7.22. The van der Waals surface area contributed by atoms with Gasteiger partial charge in [0, 0.05) is 10.6 Å². The molecule has 1 N–H and O–H groups in total. The van der Waals surface area contributed by atoms with Crippen molar-refractivity contribution in [2.75, 3.05) is 5.32 Å². The van der Waals surface area contributed by atoms with Crippen LogP contribution in [0.15, 0.2) is 66.7 Å². The van der Waals surface area contributed by atoms with Crippen LogP contribution in [-0.2, 0) is 4.79 Å². The fourth-order valence-corrected chi connectivity index (χ4v) is 3.77. The molecule has 0 bridgehead atoms. The number of halogens is 1. The van der Waals surface area contributed by atoms with E-state index in [4.69, 9.17) is 16.3 Å². The summed E-state index contributed by atoms with van der Waals surface area (Å²) in [6, 6.07) is 21.1. The van der Waals surface area contributed by atoms with Gasteiger partial charge >= 0.3 is 0 Å². The molecule has 0 fully saturated rings. The molecule has 5 nitrogen and oxygen atoms in total. The number of fused-ring (bicyclic) bond motifs is 1. The molecule has 0 saturated heterocycles. The summed E-state index contributed by atoms with van der Waals surface area (Å²) in [6.45, 7) is 1.91. The largest absolute Gasteiger partial charge is 0.481 e. The van der Waals surface area contributed by atoms with Crippen molar-refractivity contribution in [2.45, 2.75) is 19.4 Å². The number of nitrogens with zero attached hydrogens (tertiary/aromatic N) is 2. The van der Waals surface area contributed by atoms with E-state index in [9.17, 15) is 4.79 Å². The average molecular weight is 424 g/mol. The molecule has 29 heavy (non-hydrogen) atoms. The molecule has 0 saturated carbocycles. The quantitative estimate of drug-likeness (QED) is 0.425. The molecule has 4 aromatic rings. The molecular formula is C22H18ClN3O2S. The summed E-state index contributed by atoms with van der Waals surface area (Å²) in [5.74, 6) is 0.407. The van der Waals surface area contributed by atoms with Gasteiger partial charge < -0.3 is 4.74 Å². The third-order valence-electron chi connectivity index (χ3n) is 4.41. The second-order valence-corrected chi connectivity index (χ2v) is 7.85. The molecule has 1 amide bonds. The summed E-state index contributed by atoms with van der Waals surface area (Å²) in [7, 11) is 0. The Morgan fingerprint density at radius 1 is 1.07 bits per heavy atom. The Morgan fingerprint density at radius 2 is 1.83 bits per heavy atom. The van der Waals surface area contributed by atoms with Crippen LogP contribution >= 0.6 is 22.9 Å². The predicted octanol–water partition coefficient (Wildman–Crippen LogP) is 5.81. The fourth-order valence-electron chi connectivity index (χ4n) is 2.90. The molecule has 1 atom stereocenters. The molecule has 0 aliphatic heterocycles. The number of hydrogen-bond acceptors (Lipinski definition) is 5. The van der Waals surface area contributed by atoms with Gasteiger partial charge in [-0.15, -0.1) is 10.2 Å². The third-order valence-corrected chi connectivity index (χ3v) is 5.55. The van der Waals surface area contributed by atoms with E-state index in [0.29, 0.717) is 27.3 Å². The van der Waals surface area contributed by atoms with Gasteiger partial charge in [0.2, 0.25) is 5.13 Å². The maximum Gasteiger partial charge on any atom is 0.267 e. The number of hydrogen-bond donors (Lipinski definition) is 1. The smallest absolute Gasteiger partial charge is 0.267 e. The zero-order valence-electron chi connectivity index (χ0n) is 15.6.